The third-order valence-electron chi connectivity index (χ3n) is 3.57. The van der Waals surface area contributed by atoms with Crippen LogP contribution in [0.3, 0.4) is 0 Å². The number of hydrogen-bond donors (Lipinski definition) is 1. The van der Waals surface area contributed by atoms with Crippen molar-refractivity contribution in [2.45, 2.75) is 26.2 Å². The first-order valence-corrected chi connectivity index (χ1v) is 7.42. The summed E-state index contributed by atoms with van der Waals surface area (Å²) in [6, 6.07) is 11.2. The molecule has 23 heavy (non-hydrogen) atoms. The van der Waals surface area contributed by atoms with Gasteiger partial charge in [0, 0.05) is 16.7 Å². The zero-order chi connectivity index (χ0) is 17.0. The van der Waals surface area contributed by atoms with E-state index in [0.717, 1.165) is 11.1 Å². The minimum absolute atomic E-state index is 0.0355. The molecule has 0 unspecified atom stereocenters. The van der Waals surface area contributed by atoms with Crippen LogP contribution in [-0.4, -0.2) is 11.4 Å². The van der Waals surface area contributed by atoms with E-state index in [1.807, 2.05) is 51.1 Å². The monoisotopic (exact) mass is 304 g/mol. The van der Waals surface area contributed by atoms with Crippen molar-refractivity contribution in [3.8, 4) is 17.6 Å². The van der Waals surface area contributed by atoms with E-state index in [1.54, 1.807) is 12.1 Å². The van der Waals surface area contributed by atoms with E-state index in [4.69, 9.17) is 0 Å². The summed E-state index contributed by atoms with van der Waals surface area (Å²) in [6.45, 7) is 9.69. The minimum atomic E-state index is -0.273. The van der Waals surface area contributed by atoms with Crippen LogP contribution in [0.1, 0.15) is 53.4 Å². The fraction of sp³-hybridized carbons (Fsp3) is 0.190. The predicted octanol–water partition coefficient (Wildman–Crippen LogP) is 4.55. The highest BCUT2D eigenvalue weighted by atomic mass is 16.3. The van der Waals surface area contributed by atoms with Gasteiger partial charge in [0.05, 0.1) is 5.56 Å². The Morgan fingerprint density at radius 2 is 1.65 bits per heavy atom. The summed E-state index contributed by atoms with van der Waals surface area (Å²) in [4.78, 5) is 11.2. The molecule has 2 aromatic rings. The van der Waals surface area contributed by atoms with Gasteiger partial charge in [0.1, 0.15) is 5.75 Å². The van der Waals surface area contributed by atoms with E-state index in [2.05, 4.69) is 18.4 Å². The van der Waals surface area contributed by atoms with Crippen molar-refractivity contribution in [2.75, 3.05) is 0 Å². The summed E-state index contributed by atoms with van der Waals surface area (Å²) >= 11 is 0. The highest BCUT2D eigenvalue weighted by Crippen LogP contribution is 2.33. The van der Waals surface area contributed by atoms with Gasteiger partial charge in [-0.2, -0.15) is 0 Å². The van der Waals surface area contributed by atoms with E-state index in [-0.39, 0.29) is 16.7 Å². The lowest BCUT2D eigenvalue weighted by Crippen LogP contribution is -2.12. The maximum atomic E-state index is 11.2. The molecule has 0 aliphatic heterocycles. The van der Waals surface area contributed by atoms with Crippen molar-refractivity contribution in [3.63, 3.8) is 0 Å². The Hall–Kier alpha value is -2.79. The quantitative estimate of drug-likeness (QED) is 0.653. The first-order valence-electron chi connectivity index (χ1n) is 7.42. The molecule has 1 N–H and O–H groups in total. The molecule has 0 radical (unpaired) electrons. The Balaban J connectivity index is 2.46. The molecular formula is C21H20O2. The Morgan fingerprint density at radius 1 is 1.04 bits per heavy atom. The molecule has 0 heterocycles. The largest absolute Gasteiger partial charge is 0.507 e. The van der Waals surface area contributed by atoms with E-state index in [0.29, 0.717) is 17.4 Å². The van der Waals surface area contributed by atoms with E-state index >= 15 is 0 Å². The second kappa shape index (κ2) is 6.54. The zero-order valence-corrected chi connectivity index (χ0v) is 13.7. The van der Waals surface area contributed by atoms with Crippen LogP contribution in [0.2, 0.25) is 0 Å². The molecule has 0 atom stereocenters. The molecule has 0 aliphatic rings. The molecule has 0 fully saturated rings. The fourth-order valence-corrected chi connectivity index (χ4v) is 2.24. The third-order valence-corrected chi connectivity index (χ3v) is 3.57. The van der Waals surface area contributed by atoms with E-state index < -0.39 is 0 Å². The van der Waals surface area contributed by atoms with Crippen LogP contribution in [0, 0.1) is 11.8 Å². The normalized spacial score (nSPS) is 10.6. The van der Waals surface area contributed by atoms with Crippen molar-refractivity contribution in [2.24, 2.45) is 0 Å². The molecule has 0 saturated heterocycles. The number of rotatable bonds is 2. The summed E-state index contributed by atoms with van der Waals surface area (Å²) in [5.41, 5.74) is 3.34. The van der Waals surface area contributed by atoms with Crippen LogP contribution in [0.25, 0.3) is 6.08 Å². The molecule has 0 spiro atoms. The predicted molar refractivity (Wildman–Crippen MR) is 94.7 cm³/mol. The smallest absolute Gasteiger partial charge is 0.153 e. The molecule has 2 nitrogen and oxygen atoms in total. The maximum Gasteiger partial charge on any atom is 0.153 e. The molecule has 0 amide bonds. The number of phenols is 1. The molecule has 0 bridgehead atoms. The van der Waals surface area contributed by atoms with Crippen LogP contribution < -0.4 is 0 Å². The average Bonchev–Trinajstić information content (AvgIpc) is 2.53. The zero-order valence-electron chi connectivity index (χ0n) is 13.7. The highest BCUT2D eigenvalue weighted by molar-refractivity contribution is 5.81. The standard InChI is InChI=1S/C21H20O2/c1-5-15-6-8-16(9-7-15)10-11-17-12-18(14-22)20(23)19(13-17)21(2,3)4/h5-9,12-14,23H,1H2,2-4H3. The van der Waals surface area contributed by atoms with Crippen molar-refractivity contribution in [1.82, 2.24) is 0 Å². The molecule has 0 saturated carbocycles. The lowest BCUT2D eigenvalue weighted by molar-refractivity contribution is 0.112. The van der Waals surface area contributed by atoms with Crippen LogP contribution in [0.4, 0.5) is 0 Å². The Morgan fingerprint density at radius 3 is 2.17 bits per heavy atom. The van der Waals surface area contributed by atoms with Gasteiger partial charge in [0.2, 0.25) is 0 Å². The van der Waals surface area contributed by atoms with Gasteiger partial charge < -0.3 is 5.11 Å². The lowest BCUT2D eigenvalue weighted by Gasteiger charge is -2.21. The highest BCUT2D eigenvalue weighted by Gasteiger charge is 2.20. The van der Waals surface area contributed by atoms with Gasteiger partial charge in [0.15, 0.2) is 6.29 Å². The number of benzene rings is 2. The summed E-state index contributed by atoms with van der Waals surface area (Å²) in [5.74, 6) is 6.18. The van der Waals surface area contributed by atoms with Gasteiger partial charge in [0.25, 0.3) is 0 Å². The number of aromatic hydroxyl groups is 1. The van der Waals surface area contributed by atoms with Gasteiger partial charge in [-0.15, -0.1) is 0 Å². The summed E-state index contributed by atoms with van der Waals surface area (Å²) < 4.78 is 0. The van der Waals surface area contributed by atoms with Crippen LogP contribution in [0.5, 0.6) is 5.75 Å². The van der Waals surface area contributed by atoms with Crippen LogP contribution >= 0.6 is 0 Å². The van der Waals surface area contributed by atoms with E-state index in [1.165, 1.54) is 0 Å². The van der Waals surface area contributed by atoms with Gasteiger partial charge in [-0.05, 0) is 35.2 Å². The summed E-state index contributed by atoms with van der Waals surface area (Å²) in [5, 5.41) is 10.2. The number of aldehydes is 1. The summed E-state index contributed by atoms with van der Waals surface area (Å²) in [7, 11) is 0. The van der Waals surface area contributed by atoms with Gasteiger partial charge in [-0.3, -0.25) is 4.79 Å². The van der Waals surface area contributed by atoms with Crippen molar-refractivity contribution < 1.29 is 9.90 Å². The molecule has 2 heteroatoms. The number of carbonyl (C=O) groups is 1. The van der Waals surface area contributed by atoms with E-state index in [9.17, 15) is 9.90 Å². The number of phenolic OH excluding ortho intramolecular Hbond substituents is 1. The van der Waals surface area contributed by atoms with Crippen molar-refractivity contribution >= 4 is 12.4 Å². The Bertz CT molecular complexity index is 795. The van der Waals surface area contributed by atoms with Gasteiger partial charge in [-0.1, -0.05) is 57.4 Å². The SMILES string of the molecule is C=Cc1ccc(C#Cc2cc(C=O)c(O)c(C(C)(C)C)c2)cc1. The molecule has 0 aliphatic carbocycles. The second-order valence-electron chi connectivity index (χ2n) is 6.41. The summed E-state index contributed by atoms with van der Waals surface area (Å²) in [6.07, 6.45) is 2.44. The molecule has 116 valence electrons. The number of carbonyl (C=O) groups excluding carboxylic acids is 1. The second-order valence-corrected chi connectivity index (χ2v) is 6.41. The third kappa shape index (κ3) is 3.90. The van der Waals surface area contributed by atoms with Crippen LogP contribution in [0.15, 0.2) is 43.0 Å². The topological polar surface area (TPSA) is 37.3 Å². The molecule has 2 rings (SSSR count). The van der Waals surface area contributed by atoms with Gasteiger partial charge in [-0.25, -0.2) is 0 Å². The Labute approximate surface area is 137 Å². The first-order chi connectivity index (χ1) is 10.8. The average molecular weight is 304 g/mol. The molecular weight excluding hydrogens is 284 g/mol. The van der Waals surface area contributed by atoms with Crippen LogP contribution in [-0.2, 0) is 5.41 Å². The minimum Gasteiger partial charge on any atom is -0.507 e. The maximum absolute atomic E-state index is 11.2. The fourth-order valence-electron chi connectivity index (χ4n) is 2.24. The Kier molecular flexibility index (Phi) is 4.71. The number of hydrogen-bond acceptors (Lipinski definition) is 2. The molecule has 0 aromatic heterocycles. The molecule has 2 aromatic carbocycles. The van der Waals surface area contributed by atoms with Crippen molar-refractivity contribution in [1.29, 1.82) is 0 Å². The van der Waals surface area contributed by atoms with Gasteiger partial charge >= 0.3 is 0 Å². The lowest BCUT2D eigenvalue weighted by atomic mass is 9.84. The van der Waals surface area contributed by atoms with Crippen molar-refractivity contribution in [3.05, 3.63) is 70.8 Å². The first kappa shape index (κ1) is 16.6.